The molecule has 4 aromatic rings. The molecule has 0 saturated heterocycles. The molecule has 0 N–H and O–H groups in total. The third-order valence-electron chi connectivity index (χ3n) is 4.23. The van der Waals surface area contributed by atoms with Gasteiger partial charge in [0.15, 0.2) is 11.5 Å². The topological polar surface area (TPSA) is 48.0 Å². The average molecular weight is 337 g/mol. The van der Waals surface area contributed by atoms with Crippen molar-refractivity contribution in [3.63, 3.8) is 0 Å². The van der Waals surface area contributed by atoms with Crippen LogP contribution in [0.1, 0.15) is 22.9 Å². The Bertz CT molecular complexity index is 955. The molecule has 0 spiro atoms. The summed E-state index contributed by atoms with van der Waals surface area (Å²) < 4.78 is 4.03. The molecule has 5 nitrogen and oxygen atoms in total. The quantitative estimate of drug-likeness (QED) is 0.572. The van der Waals surface area contributed by atoms with Crippen molar-refractivity contribution in [2.45, 2.75) is 26.7 Å². The molecule has 0 aliphatic rings. The van der Waals surface area contributed by atoms with Crippen LogP contribution in [0.2, 0.25) is 0 Å². The predicted octanol–water partition coefficient (Wildman–Crippen LogP) is 3.59. The number of aryl methyl sites for hydroxylation is 5. The monoisotopic (exact) mass is 337 g/mol. The Hall–Kier alpha value is -2.47. The van der Waals surface area contributed by atoms with Crippen LogP contribution in [0.25, 0.3) is 16.2 Å². The van der Waals surface area contributed by atoms with Gasteiger partial charge < -0.3 is 4.57 Å². The van der Waals surface area contributed by atoms with Crippen molar-refractivity contribution in [2.75, 3.05) is 0 Å². The summed E-state index contributed by atoms with van der Waals surface area (Å²) in [5.41, 5.74) is 4.24. The molecule has 4 aromatic heterocycles. The van der Waals surface area contributed by atoms with E-state index in [2.05, 4.69) is 59.4 Å². The fraction of sp³-hybridized carbons (Fsp3) is 0.278. The van der Waals surface area contributed by atoms with E-state index in [1.807, 2.05) is 11.6 Å². The number of nitrogens with zero attached hydrogens (tertiary/aromatic N) is 5. The Labute approximate surface area is 144 Å². The van der Waals surface area contributed by atoms with E-state index in [1.54, 1.807) is 11.3 Å². The van der Waals surface area contributed by atoms with Gasteiger partial charge in [-0.1, -0.05) is 12.1 Å². The van der Waals surface area contributed by atoms with Crippen LogP contribution < -0.4 is 0 Å². The number of imidazole rings is 1. The summed E-state index contributed by atoms with van der Waals surface area (Å²) in [4.78, 5) is 10.7. The molecule has 0 radical (unpaired) electrons. The van der Waals surface area contributed by atoms with Gasteiger partial charge in [0.2, 0.25) is 0 Å². The molecule has 0 aliphatic carbocycles. The second-order valence-corrected chi connectivity index (χ2v) is 7.00. The summed E-state index contributed by atoms with van der Waals surface area (Å²) in [6, 6.07) is 8.33. The zero-order valence-corrected chi connectivity index (χ0v) is 14.8. The van der Waals surface area contributed by atoms with E-state index in [1.165, 1.54) is 4.88 Å². The molecule has 4 heterocycles. The summed E-state index contributed by atoms with van der Waals surface area (Å²) in [7, 11) is 2.05. The van der Waals surface area contributed by atoms with Gasteiger partial charge in [-0.15, -0.1) is 11.3 Å². The molecular weight excluding hydrogens is 318 g/mol. The summed E-state index contributed by atoms with van der Waals surface area (Å²) in [6.07, 6.45) is 3.71. The summed E-state index contributed by atoms with van der Waals surface area (Å²) in [5.74, 6) is 1.93. The van der Waals surface area contributed by atoms with Crippen LogP contribution in [0, 0.1) is 13.8 Å². The zero-order valence-electron chi connectivity index (χ0n) is 14.0. The fourth-order valence-corrected chi connectivity index (χ4v) is 3.54. The Kier molecular flexibility index (Phi) is 3.69. The maximum absolute atomic E-state index is 4.77. The second kappa shape index (κ2) is 5.87. The van der Waals surface area contributed by atoms with Gasteiger partial charge in [-0.05, 0) is 36.9 Å². The first kappa shape index (κ1) is 15.1. The number of aromatic nitrogens is 5. The van der Waals surface area contributed by atoms with Gasteiger partial charge in [0.05, 0.1) is 10.6 Å². The molecule has 0 saturated carbocycles. The minimum absolute atomic E-state index is 0.787. The molecule has 0 aromatic carbocycles. The van der Waals surface area contributed by atoms with E-state index in [0.29, 0.717) is 0 Å². The van der Waals surface area contributed by atoms with Crippen LogP contribution in [0.15, 0.2) is 35.8 Å². The summed E-state index contributed by atoms with van der Waals surface area (Å²) in [5, 5.41) is 6.72. The number of fused-ring (bicyclic) bond motifs is 1. The Morgan fingerprint density at radius 2 is 1.96 bits per heavy atom. The maximum atomic E-state index is 4.77. The number of pyridine rings is 1. The van der Waals surface area contributed by atoms with Crippen molar-refractivity contribution < 1.29 is 0 Å². The number of hydrogen-bond acceptors (Lipinski definition) is 4. The smallest absolute Gasteiger partial charge is 0.158 e. The van der Waals surface area contributed by atoms with Crippen molar-refractivity contribution in [1.29, 1.82) is 0 Å². The first-order valence-electron chi connectivity index (χ1n) is 8.00. The number of hydrogen-bond donors (Lipinski definition) is 0. The number of rotatable bonds is 4. The Morgan fingerprint density at radius 1 is 1.08 bits per heavy atom. The third-order valence-corrected chi connectivity index (χ3v) is 5.12. The van der Waals surface area contributed by atoms with Crippen LogP contribution in [-0.4, -0.2) is 24.1 Å². The van der Waals surface area contributed by atoms with E-state index in [4.69, 9.17) is 9.97 Å². The Morgan fingerprint density at radius 3 is 2.71 bits per heavy atom. The standard InChI is InChI=1S/C18H19N5S/c1-12-6-7-13(2)23-18(12)20-16(21-23)8-9-17-19-14(11-22(17)3)15-5-4-10-24-15/h4-7,10-11H,8-9H2,1-3H3. The first-order chi connectivity index (χ1) is 11.6. The van der Waals surface area contributed by atoms with Crippen molar-refractivity contribution in [2.24, 2.45) is 7.05 Å². The highest BCUT2D eigenvalue weighted by molar-refractivity contribution is 7.13. The van der Waals surface area contributed by atoms with Gasteiger partial charge in [-0.25, -0.2) is 14.5 Å². The molecule has 0 bridgehead atoms. The second-order valence-electron chi connectivity index (χ2n) is 6.05. The van der Waals surface area contributed by atoms with Gasteiger partial charge in [0.25, 0.3) is 0 Å². The van der Waals surface area contributed by atoms with Crippen LogP contribution in [0.3, 0.4) is 0 Å². The lowest BCUT2D eigenvalue weighted by Crippen LogP contribution is -2.01. The maximum Gasteiger partial charge on any atom is 0.158 e. The van der Waals surface area contributed by atoms with Crippen LogP contribution in [0.5, 0.6) is 0 Å². The van der Waals surface area contributed by atoms with Crippen LogP contribution >= 0.6 is 11.3 Å². The molecule has 0 amide bonds. The van der Waals surface area contributed by atoms with Gasteiger partial charge in [-0.2, -0.15) is 5.10 Å². The molecule has 24 heavy (non-hydrogen) atoms. The van der Waals surface area contributed by atoms with E-state index in [-0.39, 0.29) is 0 Å². The highest BCUT2D eigenvalue weighted by Gasteiger charge is 2.11. The minimum atomic E-state index is 0.787. The van der Waals surface area contributed by atoms with Crippen LogP contribution in [-0.2, 0) is 19.9 Å². The fourth-order valence-electron chi connectivity index (χ4n) is 2.86. The molecule has 0 aliphatic heterocycles. The molecule has 122 valence electrons. The summed E-state index contributed by atoms with van der Waals surface area (Å²) in [6.45, 7) is 4.12. The first-order valence-corrected chi connectivity index (χ1v) is 8.88. The molecule has 0 atom stereocenters. The van der Waals surface area contributed by atoms with E-state index < -0.39 is 0 Å². The van der Waals surface area contributed by atoms with E-state index in [9.17, 15) is 0 Å². The van der Waals surface area contributed by atoms with Crippen molar-refractivity contribution in [3.05, 3.63) is 58.7 Å². The van der Waals surface area contributed by atoms with Crippen molar-refractivity contribution in [3.8, 4) is 10.6 Å². The van der Waals surface area contributed by atoms with Crippen LogP contribution in [0.4, 0.5) is 0 Å². The highest BCUT2D eigenvalue weighted by atomic mass is 32.1. The lowest BCUT2D eigenvalue weighted by molar-refractivity contribution is 0.743. The number of thiophene rings is 1. The van der Waals surface area contributed by atoms with Crippen molar-refractivity contribution >= 4 is 17.0 Å². The third kappa shape index (κ3) is 2.63. The summed E-state index contributed by atoms with van der Waals surface area (Å²) >= 11 is 1.71. The predicted molar refractivity (Wildman–Crippen MR) is 96.4 cm³/mol. The largest absolute Gasteiger partial charge is 0.337 e. The highest BCUT2D eigenvalue weighted by Crippen LogP contribution is 2.23. The normalized spacial score (nSPS) is 11.5. The lowest BCUT2D eigenvalue weighted by atomic mass is 10.2. The van der Waals surface area contributed by atoms with E-state index >= 15 is 0 Å². The average Bonchev–Trinajstić information content (AvgIpc) is 3.28. The Balaban J connectivity index is 1.57. The van der Waals surface area contributed by atoms with Crippen molar-refractivity contribution in [1.82, 2.24) is 24.1 Å². The van der Waals surface area contributed by atoms with Gasteiger partial charge >= 0.3 is 0 Å². The lowest BCUT2D eigenvalue weighted by Gasteiger charge is -1.99. The molecule has 4 rings (SSSR count). The van der Waals surface area contributed by atoms with Gasteiger partial charge in [0.1, 0.15) is 5.82 Å². The SMILES string of the molecule is Cc1ccc(C)n2nc(CCc3nc(-c4cccs4)cn3C)nc12. The van der Waals surface area contributed by atoms with Gasteiger partial charge in [-0.3, -0.25) is 0 Å². The van der Waals surface area contributed by atoms with Gasteiger partial charge in [0, 0.05) is 31.8 Å². The molecular formula is C18H19N5S. The minimum Gasteiger partial charge on any atom is -0.337 e. The van der Waals surface area contributed by atoms with E-state index in [0.717, 1.165) is 47.1 Å². The zero-order chi connectivity index (χ0) is 16.7. The molecule has 0 unspecified atom stereocenters. The molecule has 0 fully saturated rings. The molecule has 6 heteroatoms.